The van der Waals surface area contributed by atoms with Gasteiger partial charge in [-0.25, -0.2) is 0 Å². The number of carboxylic acid groups (broad SMARTS) is 1. The van der Waals surface area contributed by atoms with Crippen LogP contribution in [0.2, 0.25) is 0 Å². The van der Waals surface area contributed by atoms with E-state index in [1.807, 2.05) is 6.92 Å². The number of aromatic nitrogens is 2. The number of hydrogen-bond donors (Lipinski definition) is 2. The number of rotatable bonds is 7. The van der Waals surface area contributed by atoms with Crippen LogP contribution in [0.4, 0.5) is 0 Å². The average Bonchev–Trinajstić information content (AvgIpc) is 3.09. The first-order chi connectivity index (χ1) is 9.11. The van der Waals surface area contributed by atoms with Gasteiger partial charge in [-0.05, 0) is 36.7 Å². The van der Waals surface area contributed by atoms with Crippen molar-refractivity contribution in [2.75, 3.05) is 0 Å². The molecule has 1 aliphatic carbocycles. The van der Waals surface area contributed by atoms with E-state index in [1.165, 1.54) is 0 Å². The second-order valence-corrected chi connectivity index (χ2v) is 5.57. The number of nitrogens with zero attached hydrogens (tertiary/aromatic N) is 2. The van der Waals surface area contributed by atoms with Gasteiger partial charge in [-0.2, -0.15) is 0 Å². The van der Waals surface area contributed by atoms with Gasteiger partial charge < -0.3 is 10.4 Å². The molecule has 0 spiro atoms. The average molecular weight is 283 g/mol. The molecule has 1 saturated carbocycles. The van der Waals surface area contributed by atoms with Gasteiger partial charge in [0.2, 0.25) is 0 Å². The van der Waals surface area contributed by atoms with E-state index >= 15 is 0 Å². The maximum absolute atomic E-state index is 12.2. The summed E-state index contributed by atoms with van der Waals surface area (Å²) < 4.78 is 3.81. The third-order valence-corrected chi connectivity index (χ3v) is 3.92. The normalized spacial score (nSPS) is 16.1. The minimum Gasteiger partial charge on any atom is -0.481 e. The standard InChI is InChI=1S/C12H17N3O3S/c1-2-3-8-11(19-15-14-8)12(18)13-9(6-10(16)17)7-4-5-7/h7,9H,2-6H2,1H3,(H,13,18)(H,16,17). The fourth-order valence-electron chi connectivity index (χ4n) is 2.04. The first-order valence-electron chi connectivity index (χ1n) is 6.45. The number of carboxylic acids is 1. The maximum atomic E-state index is 12.2. The molecule has 0 aliphatic heterocycles. The molecule has 0 bridgehead atoms. The third-order valence-electron chi connectivity index (χ3n) is 3.15. The van der Waals surface area contributed by atoms with Crippen LogP contribution in [-0.2, 0) is 11.2 Å². The molecule has 1 atom stereocenters. The number of carbonyl (C=O) groups is 2. The van der Waals surface area contributed by atoms with Gasteiger partial charge in [0.1, 0.15) is 4.88 Å². The van der Waals surface area contributed by atoms with Crippen molar-refractivity contribution in [1.82, 2.24) is 14.9 Å². The van der Waals surface area contributed by atoms with Crippen LogP contribution in [0.15, 0.2) is 0 Å². The van der Waals surface area contributed by atoms with Crippen molar-refractivity contribution < 1.29 is 14.7 Å². The van der Waals surface area contributed by atoms with Crippen LogP contribution in [0.5, 0.6) is 0 Å². The zero-order chi connectivity index (χ0) is 13.8. The predicted octanol–water partition coefficient (Wildman–Crippen LogP) is 1.47. The summed E-state index contributed by atoms with van der Waals surface area (Å²) >= 11 is 1.07. The molecular weight excluding hydrogens is 266 g/mol. The fraction of sp³-hybridized carbons (Fsp3) is 0.667. The molecule has 6 nitrogen and oxygen atoms in total. The molecule has 0 aromatic carbocycles. The van der Waals surface area contributed by atoms with Crippen LogP contribution in [0.25, 0.3) is 0 Å². The molecule has 1 aromatic rings. The molecule has 2 rings (SSSR count). The first kappa shape index (κ1) is 13.9. The van der Waals surface area contributed by atoms with Gasteiger partial charge in [-0.3, -0.25) is 9.59 Å². The summed E-state index contributed by atoms with van der Waals surface area (Å²) in [6.45, 7) is 2.01. The topological polar surface area (TPSA) is 92.2 Å². The summed E-state index contributed by atoms with van der Waals surface area (Å²) in [5, 5.41) is 15.6. The lowest BCUT2D eigenvalue weighted by atomic mass is 10.1. The fourth-order valence-corrected chi connectivity index (χ4v) is 2.65. The van der Waals surface area contributed by atoms with Gasteiger partial charge in [0.25, 0.3) is 5.91 Å². The summed E-state index contributed by atoms with van der Waals surface area (Å²) in [5.41, 5.74) is 0.704. The van der Waals surface area contributed by atoms with Crippen molar-refractivity contribution in [3.8, 4) is 0 Å². The van der Waals surface area contributed by atoms with Crippen LogP contribution >= 0.6 is 11.5 Å². The van der Waals surface area contributed by atoms with Crippen molar-refractivity contribution in [2.45, 2.75) is 45.1 Å². The Hall–Kier alpha value is -1.50. The molecule has 1 fully saturated rings. The van der Waals surface area contributed by atoms with Crippen molar-refractivity contribution in [3.05, 3.63) is 10.6 Å². The van der Waals surface area contributed by atoms with Gasteiger partial charge >= 0.3 is 5.97 Å². The summed E-state index contributed by atoms with van der Waals surface area (Å²) in [5.74, 6) is -0.819. The molecule has 1 aliphatic rings. The van der Waals surface area contributed by atoms with E-state index in [0.717, 1.165) is 30.8 Å². The lowest BCUT2D eigenvalue weighted by Gasteiger charge is -2.15. The molecular formula is C12H17N3O3S. The van der Waals surface area contributed by atoms with Crippen LogP contribution in [0.1, 0.15) is 48.0 Å². The molecule has 1 heterocycles. The van der Waals surface area contributed by atoms with E-state index < -0.39 is 5.97 Å². The summed E-state index contributed by atoms with van der Waals surface area (Å²) in [7, 11) is 0. The van der Waals surface area contributed by atoms with Gasteiger partial charge in [0.15, 0.2) is 0 Å². The summed E-state index contributed by atoms with van der Waals surface area (Å²) in [4.78, 5) is 23.5. The van der Waals surface area contributed by atoms with Crippen molar-refractivity contribution in [1.29, 1.82) is 0 Å². The van der Waals surface area contributed by atoms with E-state index in [0.29, 0.717) is 22.9 Å². The highest BCUT2D eigenvalue weighted by Gasteiger charge is 2.34. The third kappa shape index (κ3) is 3.73. The van der Waals surface area contributed by atoms with E-state index in [1.54, 1.807) is 0 Å². The largest absolute Gasteiger partial charge is 0.481 e. The number of carbonyl (C=O) groups excluding carboxylic acids is 1. The minimum atomic E-state index is -0.881. The SMILES string of the molecule is CCCc1nnsc1C(=O)NC(CC(=O)O)C1CC1. The molecule has 0 radical (unpaired) electrons. The van der Waals surface area contributed by atoms with Crippen LogP contribution in [0, 0.1) is 5.92 Å². The zero-order valence-electron chi connectivity index (χ0n) is 10.8. The van der Waals surface area contributed by atoms with Crippen molar-refractivity contribution in [2.24, 2.45) is 5.92 Å². The molecule has 19 heavy (non-hydrogen) atoms. The second kappa shape index (κ2) is 6.10. The van der Waals surface area contributed by atoms with Crippen LogP contribution in [0.3, 0.4) is 0 Å². The van der Waals surface area contributed by atoms with Crippen LogP contribution in [-0.4, -0.2) is 32.6 Å². The van der Waals surface area contributed by atoms with Crippen molar-refractivity contribution >= 4 is 23.4 Å². The second-order valence-electron chi connectivity index (χ2n) is 4.81. The predicted molar refractivity (Wildman–Crippen MR) is 70.1 cm³/mol. The Balaban J connectivity index is 2.01. The smallest absolute Gasteiger partial charge is 0.305 e. The lowest BCUT2D eigenvalue weighted by Crippen LogP contribution is -2.38. The highest BCUT2D eigenvalue weighted by atomic mass is 32.1. The van der Waals surface area contributed by atoms with Gasteiger partial charge in [-0.15, -0.1) is 5.10 Å². The van der Waals surface area contributed by atoms with E-state index in [-0.39, 0.29) is 18.4 Å². The van der Waals surface area contributed by atoms with Crippen molar-refractivity contribution in [3.63, 3.8) is 0 Å². The molecule has 1 unspecified atom stereocenters. The maximum Gasteiger partial charge on any atom is 0.305 e. The number of hydrogen-bond acceptors (Lipinski definition) is 5. The molecule has 2 N–H and O–H groups in total. The molecule has 1 aromatic heterocycles. The van der Waals surface area contributed by atoms with Crippen LogP contribution < -0.4 is 5.32 Å². The van der Waals surface area contributed by atoms with E-state index in [2.05, 4.69) is 14.9 Å². The zero-order valence-corrected chi connectivity index (χ0v) is 11.6. The van der Waals surface area contributed by atoms with E-state index in [4.69, 9.17) is 5.11 Å². The number of amides is 1. The molecule has 7 heteroatoms. The Labute approximate surface area is 115 Å². The monoisotopic (exact) mass is 283 g/mol. The Kier molecular flexibility index (Phi) is 4.47. The first-order valence-corrected chi connectivity index (χ1v) is 7.23. The molecule has 1 amide bonds. The highest BCUT2D eigenvalue weighted by molar-refractivity contribution is 7.08. The van der Waals surface area contributed by atoms with E-state index in [9.17, 15) is 9.59 Å². The lowest BCUT2D eigenvalue weighted by molar-refractivity contribution is -0.137. The summed E-state index contributed by atoms with van der Waals surface area (Å²) in [6, 6.07) is -0.276. The Morgan fingerprint density at radius 1 is 1.53 bits per heavy atom. The quantitative estimate of drug-likeness (QED) is 0.790. The minimum absolute atomic E-state index is 0.0221. The molecule has 104 valence electrons. The number of aryl methyl sites for hydroxylation is 1. The Morgan fingerprint density at radius 2 is 2.26 bits per heavy atom. The summed E-state index contributed by atoms with van der Waals surface area (Å²) in [6.07, 6.45) is 3.56. The highest BCUT2D eigenvalue weighted by Crippen LogP contribution is 2.34. The number of nitrogens with one attached hydrogen (secondary N) is 1. The van der Waals surface area contributed by atoms with Gasteiger partial charge in [0, 0.05) is 6.04 Å². The van der Waals surface area contributed by atoms with Gasteiger partial charge in [-0.1, -0.05) is 17.8 Å². The Bertz CT molecular complexity index is 471. The Morgan fingerprint density at radius 3 is 2.84 bits per heavy atom. The number of aliphatic carboxylic acids is 1. The molecule has 0 saturated heterocycles. The van der Waals surface area contributed by atoms with Gasteiger partial charge in [0.05, 0.1) is 12.1 Å².